The van der Waals surface area contributed by atoms with Gasteiger partial charge in [-0.3, -0.25) is 0 Å². The van der Waals surface area contributed by atoms with E-state index in [9.17, 15) is 4.39 Å². The molecule has 18 heavy (non-hydrogen) atoms. The Morgan fingerprint density at radius 1 is 1.39 bits per heavy atom. The second-order valence-corrected chi connectivity index (χ2v) is 4.50. The molecule has 0 saturated heterocycles. The van der Waals surface area contributed by atoms with Crippen molar-refractivity contribution >= 4 is 27.5 Å². The Morgan fingerprint density at radius 2 is 2.17 bits per heavy atom. The number of halogens is 3. The molecule has 0 atom stereocenters. The summed E-state index contributed by atoms with van der Waals surface area (Å²) in [6.07, 6.45) is 1.40. The van der Waals surface area contributed by atoms with Crippen molar-refractivity contribution in [3.8, 4) is 17.7 Å². The van der Waals surface area contributed by atoms with Crippen LogP contribution in [0.1, 0.15) is 5.56 Å². The summed E-state index contributed by atoms with van der Waals surface area (Å²) in [6, 6.07) is 7.64. The van der Waals surface area contributed by atoms with Crippen LogP contribution in [0, 0.1) is 17.1 Å². The Balaban J connectivity index is 2.35. The Morgan fingerprint density at radius 3 is 2.83 bits per heavy atom. The van der Waals surface area contributed by atoms with Crippen LogP contribution in [-0.4, -0.2) is 4.98 Å². The molecular weight excluding hydrogens is 322 g/mol. The molecule has 1 aromatic heterocycles. The van der Waals surface area contributed by atoms with Crippen LogP contribution in [0.4, 0.5) is 4.39 Å². The van der Waals surface area contributed by atoms with Crippen molar-refractivity contribution in [1.29, 1.82) is 5.26 Å². The third-order valence-electron chi connectivity index (χ3n) is 2.08. The van der Waals surface area contributed by atoms with E-state index in [2.05, 4.69) is 20.9 Å². The SMILES string of the molecule is N#Cc1ccnc(Oc2ccc(Br)c(F)c2)c1Cl. The van der Waals surface area contributed by atoms with Gasteiger partial charge in [0.05, 0.1) is 10.0 Å². The van der Waals surface area contributed by atoms with Crippen LogP contribution in [0.3, 0.4) is 0 Å². The number of hydrogen-bond donors (Lipinski definition) is 0. The molecule has 0 bridgehead atoms. The van der Waals surface area contributed by atoms with Gasteiger partial charge in [-0.25, -0.2) is 9.37 Å². The lowest BCUT2D eigenvalue weighted by atomic mass is 10.3. The van der Waals surface area contributed by atoms with Crippen molar-refractivity contribution in [3.05, 3.63) is 51.3 Å². The molecule has 0 aliphatic carbocycles. The minimum absolute atomic E-state index is 0.0671. The van der Waals surface area contributed by atoms with Gasteiger partial charge >= 0.3 is 0 Å². The van der Waals surface area contributed by atoms with E-state index in [4.69, 9.17) is 21.6 Å². The van der Waals surface area contributed by atoms with E-state index in [0.717, 1.165) is 0 Å². The zero-order valence-corrected chi connectivity index (χ0v) is 11.2. The molecule has 0 aliphatic heterocycles. The molecule has 0 amide bonds. The van der Waals surface area contributed by atoms with Gasteiger partial charge in [-0.2, -0.15) is 5.26 Å². The summed E-state index contributed by atoms with van der Waals surface area (Å²) in [4.78, 5) is 3.89. The lowest BCUT2D eigenvalue weighted by molar-refractivity contribution is 0.458. The van der Waals surface area contributed by atoms with Crippen LogP contribution < -0.4 is 4.74 Å². The quantitative estimate of drug-likeness (QED) is 0.826. The lowest BCUT2D eigenvalue weighted by Crippen LogP contribution is -1.91. The molecule has 0 radical (unpaired) electrons. The van der Waals surface area contributed by atoms with Crippen molar-refractivity contribution in [2.24, 2.45) is 0 Å². The Kier molecular flexibility index (Phi) is 3.80. The summed E-state index contributed by atoms with van der Waals surface area (Å²) in [5.74, 6) is -0.141. The summed E-state index contributed by atoms with van der Waals surface area (Å²) in [5, 5.41) is 8.91. The van der Waals surface area contributed by atoms with Gasteiger partial charge in [0.1, 0.15) is 22.7 Å². The lowest BCUT2D eigenvalue weighted by Gasteiger charge is -2.07. The monoisotopic (exact) mass is 326 g/mol. The zero-order valence-electron chi connectivity index (χ0n) is 8.82. The van der Waals surface area contributed by atoms with E-state index >= 15 is 0 Å². The molecule has 0 unspecified atom stereocenters. The number of rotatable bonds is 2. The fraction of sp³-hybridized carbons (Fsp3) is 0. The molecule has 6 heteroatoms. The minimum atomic E-state index is -0.458. The highest BCUT2D eigenvalue weighted by atomic mass is 79.9. The number of hydrogen-bond acceptors (Lipinski definition) is 3. The van der Waals surface area contributed by atoms with Crippen molar-refractivity contribution in [2.45, 2.75) is 0 Å². The number of nitrogens with zero attached hydrogens (tertiary/aromatic N) is 2. The van der Waals surface area contributed by atoms with Gasteiger partial charge in [-0.15, -0.1) is 0 Å². The van der Waals surface area contributed by atoms with Gasteiger partial charge in [-0.05, 0) is 34.1 Å². The first kappa shape index (κ1) is 12.8. The van der Waals surface area contributed by atoms with E-state index in [1.807, 2.05) is 6.07 Å². The summed E-state index contributed by atoms with van der Waals surface area (Å²) in [5.41, 5.74) is 0.249. The number of aromatic nitrogens is 1. The Hall–Kier alpha value is -1.64. The number of nitriles is 1. The van der Waals surface area contributed by atoms with Gasteiger partial charge in [0.15, 0.2) is 0 Å². The predicted molar refractivity (Wildman–Crippen MR) is 68.1 cm³/mol. The van der Waals surface area contributed by atoms with Crippen LogP contribution in [0.5, 0.6) is 11.6 Å². The fourth-order valence-corrected chi connectivity index (χ4v) is 1.67. The summed E-state index contributed by atoms with van der Waals surface area (Å²) in [7, 11) is 0. The van der Waals surface area contributed by atoms with Gasteiger partial charge < -0.3 is 4.74 Å². The van der Waals surface area contributed by atoms with Crippen molar-refractivity contribution in [2.75, 3.05) is 0 Å². The zero-order chi connectivity index (χ0) is 13.1. The van der Waals surface area contributed by atoms with Crippen LogP contribution in [-0.2, 0) is 0 Å². The van der Waals surface area contributed by atoms with Crippen molar-refractivity contribution in [3.63, 3.8) is 0 Å². The van der Waals surface area contributed by atoms with Crippen molar-refractivity contribution < 1.29 is 9.13 Å². The predicted octanol–water partition coefficient (Wildman–Crippen LogP) is 4.30. The second kappa shape index (κ2) is 5.34. The first-order chi connectivity index (χ1) is 8.61. The maximum absolute atomic E-state index is 13.3. The summed E-state index contributed by atoms with van der Waals surface area (Å²) in [6.45, 7) is 0. The Bertz CT molecular complexity index is 642. The highest BCUT2D eigenvalue weighted by Crippen LogP contribution is 2.30. The molecule has 0 fully saturated rings. The molecule has 1 heterocycles. The van der Waals surface area contributed by atoms with Gasteiger partial charge in [-0.1, -0.05) is 11.6 Å². The van der Waals surface area contributed by atoms with Gasteiger partial charge in [0.25, 0.3) is 0 Å². The third-order valence-corrected chi connectivity index (χ3v) is 3.09. The first-order valence-electron chi connectivity index (χ1n) is 4.79. The number of benzene rings is 1. The molecule has 2 aromatic rings. The maximum atomic E-state index is 13.3. The molecule has 0 aliphatic rings. The summed E-state index contributed by atoms with van der Waals surface area (Å²) < 4.78 is 19.0. The molecule has 2 rings (SSSR count). The molecule has 3 nitrogen and oxygen atoms in total. The fourth-order valence-electron chi connectivity index (χ4n) is 1.23. The highest BCUT2D eigenvalue weighted by molar-refractivity contribution is 9.10. The van der Waals surface area contributed by atoms with E-state index in [0.29, 0.717) is 4.47 Å². The smallest absolute Gasteiger partial charge is 0.239 e. The molecule has 0 saturated carbocycles. The van der Waals surface area contributed by atoms with E-state index in [1.165, 1.54) is 24.4 Å². The minimum Gasteiger partial charge on any atom is -0.437 e. The molecule has 0 N–H and O–H groups in total. The summed E-state index contributed by atoms with van der Waals surface area (Å²) >= 11 is 8.95. The number of ether oxygens (including phenoxy) is 1. The van der Waals surface area contributed by atoms with E-state index in [1.54, 1.807) is 6.07 Å². The largest absolute Gasteiger partial charge is 0.437 e. The van der Waals surface area contributed by atoms with Crippen LogP contribution in [0.25, 0.3) is 0 Å². The van der Waals surface area contributed by atoms with Crippen LogP contribution >= 0.6 is 27.5 Å². The first-order valence-corrected chi connectivity index (χ1v) is 5.96. The van der Waals surface area contributed by atoms with Gasteiger partial charge in [0, 0.05) is 12.3 Å². The standard InChI is InChI=1S/C12H5BrClFN2O/c13-9-2-1-8(5-10(9)15)18-12-11(14)7(6-16)3-4-17-12/h1-5H. The third kappa shape index (κ3) is 2.61. The van der Waals surface area contributed by atoms with E-state index in [-0.39, 0.29) is 22.2 Å². The average Bonchev–Trinajstić information content (AvgIpc) is 2.36. The molecule has 1 aromatic carbocycles. The average molecular weight is 328 g/mol. The van der Waals surface area contributed by atoms with Crippen molar-refractivity contribution in [1.82, 2.24) is 4.98 Å². The Labute approximate surface area is 116 Å². The molecular formula is C12H5BrClFN2O. The maximum Gasteiger partial charge on any atom is 0.239 e. The number of pyridine rings is 1. The van der Waals surface area contributed by atoms with E-state index < -0.39 is 5.82 Å². The normalized spacial score (nSPS) is 9.89. The van der Waals surface area contributed by atoms with Gasteiger partial charge in [0.2, 0.25) is 5.88 Å². The van der Waals surface area contributed by atoms with Crippen LogP contribution in [0.2, 0.25) is 5.02 Å². The topological polar surface area (TPSA) is 45.9 Å². The van der Waals surface area contributed by atoms with Crippen LogP contribution in [0.15, 0.2) is 34.9 Å². The molecule has 0 spiro atoms. The highest BCUT2D eigenvalue weighted by Gasteiger charge is 2.10. The molecule has 90 valence electrons. The second-order valence-electron chi connectivity index (χ2n) is 3.27.